The van der Waals surface area contributed by atoms with E-state index in [2.05, 4.69) is 15.9 Å². The lowest BCUT2D eigenvalue weighted by molar-refractivity contribution is -0.138. The van der Waals surface area contributed by atoms with E-state index in [-0.39, 0.29) is 12.2 Å². The van der Waals surface area contributed by atoms with Crippen LogP contribution in [0.5, 0.6) is 5.75 Å². The van der Waals surface area contributed by atoms with Gasteiger partial charge in [-0.2, -0.15) is 0 Å². The Morgan fingerprint density at radius 1 is 1.60 bits per heavy atom. The highest BCUT2D eigenvalue weighted by Gasteiger charge is 2.15. The van der Waals surface area contributed by atoms with E-state index in [1.807, 2.05) is 0 Å². The van der Waals surface area contributed by atoms with Crippen LogP contribution in [0.3, 0.4) is 0 Å². The van der Waals surface area contributed by atoms with Gasteiger partial charge in [-0.15, -0.1) is 0 Å². The number of rotatable bonds is 3. The molecule has 15 heavy (non-hydrogen) atoms. The number of phenols is 1. The summed E-state index contributed by atoms with van der Waals surface area (Å²) in [5.74, 6) is -0.890. The highest BCUT2D eigenvalue weighted by atomic mass is 79.9. The average Bonchev–Trinajstić information content (AvgIpc) is 2.18. The Bertz CT molecular complexity index is 392. The van der Waals surface area contributed by atoms with Crippen LogP contribution in [0.15, 0.2) is 16.6 Å². The van der Waals surface area contributed by atoms with Crippen molar-refractivity contribution >= 4 is 21.9 Å². The second-order valence-electron chi connectivity index (χ2n) is 3.33. The van der Waals surface area contributed by atoms with E-state index in [4.69, 9.17) is 10.8 Å². The van der Waals surface area contributed by atoms with Crippen LogP contribution in [0.1, 0.15) is 11.1 Å². The molecule has 0 fully saturated rings. The summed E-state index contributed by atoms with van der Waals surface area (Å²) in [7, 11) is 0. The quantitative estimate of drug-likeness (QED) is 0.778. The zero-order valence-electron chi connectivity index (χ0n) is 8.20. The number of phenolic OH excluding ortho intramolecular Hbond substituents is 1. The first-order chi connectivity index (χ1) is 6.93. The summed E-state index contributed by atoms with van der Waals surface area (Å²) in [5.41, 5.74) is 7.05. The van der Waals surface area contributed by atoms with Gasteiger partial charge in [-0.1, -0.05) is 6.07 Å². The minimum Gasteiger partial charge on any atom is -0.507 e. The number of hydrogen-bond acceptors (Lipinski definition) is 3. The second kappa shape index (κ2) is 4.63. The minimum atomic E-state index is -1.03. The van der Waals surface area contributed by atoms with Crippen LogP contribution in [-0.2, 0) is 11.2 Å². The Morgan fingerprint density at radius 3 is 2.73 bits per heavy atom. The first-order valence-corrected chi connectivity index (χ1v) is 5.18. The Balaban J connectivity index is 2.97. The van der Waals surface area contributed by atoms with E-state index in [1.54, 1.807) is 13.0 Å². The summed E-state index contributed by atoms with van der Waals surface area (Å²) in [6, 6.07) is 2.28. The van der Waals surface area contributed by atoms with Crippen molar-refractivity contribution in [3.05, 3.63) is 27.7 Å². The fourth-order valence-electron chi connectivity index (χ4n) is 1.26. The van der Waals surface area contributed by atoms with Crippen molar-refractivity contribution in [3.8, 4) is 5.75 Å². The van der Waals surface area contributed by atoms with Gasteiger partial charge in [-0.05, 0) is 46.5 Å². The molecule has 0 aromatic heterocycles. The Hall–Kier alpha value is -1.07. The molecule has 4 N–H and O–H groups in total. The lowest BCUT2D eigenvalue weighted by Crippen LogP contribution is -2.32. The third-order valence-electron chi connectivity index (χ3n) is 2.24. The first-order valence-electron chi connectivity index (χ1n) is 4.38. The molecule has 82 valence electrons. The summed E-state index contributed by atoms with van der Waals surface area (Å²) in [5, 5.41) is 18.0. The van der Waals surface area contributed by atoms with Crippen LogP contribution in [-0.4, -0.2) is 22.2 Å². The summed E-state index contributed by atoms with van der Waals surface area (Å²) in [4.78, 5) is 10.6. The molecule has 0 saturated carbocycles. The van der Waals surface area contributed by atoms with Crippen LogP contribution in [0.2, 0.25) is 0 Å². The van der Waals surface area contributed by atoms with Crippen LogP contribution < -0.4 is 5.73 Å². The molecule has 0 bridgehead atoms. The molecule has 0 aliphatic heterocycles. The molecule has 1 unspecified atom stereocenters. The number of halogens is 1. The lowest BCUT2D eigenvalue weighted by Gasteiger charge is -2.11. The van der Waals surface area contributed by atoms with Crippen molar-refractivity contribution in [2.75, 3.05) is 0 Å². The molecule has 0 saturated heterocycles. The SMILES string of the molecule is Cc1c(CC(N)C(=O)O)ccc(O)c1Br. The number of carboxylic acids is 1. The van der Waals surface area contributed by atoms with Crippen molar-refractivity contribution < 1.29 is 15.0 Å². The molecule has 1 aromatic rings. The summed E-state index contributed by atoms with van der Waals surface area (Å²) >= 11 is 3.22. The third kappa shape index (κ3) is 2.70. The largest absolute Gasteiger partial charge is 0.507 e. The van der Waals surface area contributed by atoms with Crippen LogP contribution in [0.4, 0.5) is 0 Å². The minimum absolute atomic E-state index is 0.139. The van der Waals surface area contributed by atoms with E-state index in [0.29, 0.717) is 4.47 Å². The highest BCUT2D eigenvalue weighted by molar-refractivity contribution is 9.10. The summed E-state index contributed by atoms with van der Waals surface area (Å²) in [6.45, 7) is 1.80. The highest BCUT2D eigenvalue weighted by Crippen LogP contribution is 2.29. The molecule has 1 rings (SSSR count). The standard InChI is InChI=1S/C10H12BrNO3/c1-5-6(4-7(12)10(14)15)2-3-8(13)9(5)11/h2-3,7,13H,4,12H2,1H3,(H,14,15). The van der Waals surface area contributed by atoms with Crippen LogP contribution >= 0.6 is 15.9 Å². The van der Waals surface area contributed by atoms with Gasteiger partial charge in [0.25, 0.3) is 0 Å². The summed E-state index contributed by atoms with van der Waals surface area (Å²) < 4.78 is 0.581. The van der Waals surface area contributed by atoms with Gasteiger partial charge in [0.1, 0.15) is 11.8 Å². The maximum atomic E-state index is 10.6. The molecule has 0 radical (unpaired) electrons. The number of benzene rings is 1. The van der Waals surface area contributed by atoms with Crippen molar-refractivity contribution in [2.24, 2.45) is 5.73 Å². The van der Waals surface area contributed by atoms with Gasteiger partial charge in [0, 0.05) is 0 Å². The van der Waals surface area contributed by atoms with Crippen molar-refractivity contribution in [2.45, 2.75) is 19.4 Å². The Morgan fingerprint density at radius 2 is 2.20 bits per heavy atom. The fraction of sp³-hybridized carbons (Fsp3) is 0.300. The molecular formula is C10H12BrNO3. The Kier molecular flexibility index (Phi) is 3.71. The number of carbonyl (C=O) groups is 1. The maximum Gasteiger partial charge on any atom is 0.320 e. The normalized spacial score (nSPS) is 12.5. The number of aromatic hydroxyl groups is 1. The predicted octanol–water partition coefficient (Wildman–Crippen LogP) is 1.42. The van der Waals surface area contributed by atoms with Gasteiger partial charge >= 0.3 is 5.97 Å². The third-order valence-corrected chi connectivity index (χ3v) is 3.24. The number of nitrogens with two attached hydrogens (primary N) is 1. The molecule has 0 aliphatic rings. The van der Waals surface area contributed by atoms with Crippen molar-refractivity contribution in [3.63, 3.8) is 0 Å². The molecule has 5 heteroatoms. The monoisotopic (exact) mass is 273 g/mol. The molecule has 0 aliphatic carbocycles. The van der Waals surface area contributed by atoms with E-state index in [1.165, 1.54) is 6.07 Å². The van der Waals surface area contributed by atoms with Crippen LogP contribution in [0.25, 0.3) is 0 Å². The average molecular weight is 274 g/mol. The van der Waals surface area contributed by atoms with Gasteiger partial charge in [-0.25, -0.2) is 0 Å². The molecule has 1 aromatic carbocycles. The second-order valence-corrected chi connectivity index (χ2v) is 4.12. The lowest BCUT2D eigenvalue weighted by atomic mass is 10.0. The van der Waals surface area contributed by atoms with E-state index < -0.39 is 12.0 Å². The van der Waals surface area contributed by atoms with Gasteiger partial charge in [0.2, 0.25) is 0 Å². The van der Waals surface area contributed by atoms with Gasteiger partial charge in [-0.3, -0.25) is 4.79 Å². The van der Waals surface area contributed by atoms with Crippen molar-refractivity contribution in [1.29, 1.82) is 0 Å². The van der Waals surface area contributed by atoms with E-state index >= 15 is 0 Å². The maximum absolute atomic E-state index is 10.6. The predicted molar refractivity (Wildman–Crippen MR) is 59.9 cm³/mol. The topological polar surface area (TPSA) is 83.6 Å². The van der Waals surface area contributed by atoms with Crippen molar-refractivity contribution in [1.82, 2.24) is 0 Å². The number of hydrogen-bond donors (Lipinski definition) is 3. The summed E-state index contributed by atoms with van der Waals surface area (Å²) in [6.07, 6.45) is 0.250. The molecule has 0 heterocycles. The van der Waals surface area contributed by atoms with E-state index in [0.717, 1.165) is 11.1 Å². The fourth-order valence-corrected chi connectivity index (χ4v) is 1.64. The van der Waals surface area contributed by atoms with Crippen LogP contribution in [0, 0.1) is 6.92 Å². The van der Waals surface area contributed by atoms with Gasteiger partial charge in [0.15, 0.2) is 0 Å². The van der Waals surface area contributed by atoms with E-state index in [9.17, 15) is 9.90 Å². The van der Waals surface area contributed by atoms with Gasteiger partial charge in [0.05, 0.1) is 4.47 Å². The van der Waals surface area contributed by atoms with Gasteiger partial charge < -0.3 is 15.9 Å². The molecule has 0 amide bonds. The zero-order valence-corrected chi connectivity index (χ0v) is 9.78. The molecule has 0 spiro atoms. The molecule has 4 nitrogen and oxygen atoms in total. The smallest absolute Gasteiger partial charge is 0.320 e. The zero-order chi connectivity index (χ0) is 11.6. The number of carboxylic acid groups (broad SMARTS) is 1. The number of aliphatic carboxylic acids is 1. The molecule has 1 atom stereocenters. The first kappa shape index (κ1) is 12.0. The molecular weight excluding hydrogens is 262 g/mol. The Labute approximate surface area is 95.8 Å².